The van der Waals surface area contributed by atoms with Gasteiger partial charge in [-0.05, 0) is 6.92 Å². The smallest absolute Gasteiger partial charge is 0.229 e. The van der Waals surface area contributed by atoms with Gasteiger partial charge in [-0.3, -0.25) is 4.79 Å². The number of thiol groups is 1. The number of hydrogen-bond acceptors (Lipinski definition) is 4. The second-order valence-electron chi connectivity index (χ2n) is 2.72. The van der Waals surface area contributed by atoms with E-state index in [1.807, 2.05) is 0 Å². The van der Waals surface area contributed by atoms with Crippen molar-refractivity contribution in [3.05, 3.63) is 0 Å². The predicted octanol–water partition coefficient (Wildman–Crippen LogP) is -0.535. The summed E-state index contributed by atoms with van der Waals surface area (Å²) in [5.41, 5.74) is 0. The van der Waals surface area contributed by atoms with E-state index < -0.39 is 9.84 Å². The number of nitrogens with one attached hydrogen (secondary N) is 1. The molecule has 72 valence electrons. The first kappa shape index (κ1) is 11.8. The Morgan fingerprint density at radius 2 is 2.08 bits per heavy atom. The van der Waals surface area contributed by atoms with E-state index in [0.717, 1.165) is 6.26 Å². The molecule has 0 saturated carbocycles. The number of hydrogen-bond donors (Lipinski definition) is 2. The van der Waals surface area contributed by atoms with Crippen LogP contribution in [-0.2, 0) is 14.6 Å². The summed E-state index contributed by atoms with van der Waals surface area (Å²) in [5, 5.41) is 2.49. The van der Waals surface area contributed by atoms with Gasteiger partial charge in [0.1, 0.15) is 9.84 Å². The van der Waals surface area contributed by atoms with E-state index in [2.05, 4.69) is 17.9 Å². The SMILES string of the molecule is CC(CS(C)(=O)=O)NC(=O)CS. The van der Waals surface area contributed by atoms with Gasteiger partial charge in [-0.25, -0.2) is 8.42 Å². The van der Waals surface area contributed by atoms with Crippen molar-refractivity contribution in [1.82, 2.24) is 5.32 Å². The molecule has 0 rings (SSSR count). The van der Waals surface area contributed by atoms with Crippen LogP contribution in [0.25, 0.3) is 0 Å². The fourth-order valence-electron chi connectivity index (χ4n) is 0.816. The quantitative estimate of drug-likeness (QED) is 0.614. The molecule has 0 radical (unpaired) electrons. The summed E-state index contributed by atoms with van der Waals surface area (Å²) < 4.78 is 21.5. The summed E-state index contributed by atoms with van der Waals surface area (Å²) in [4.78, 5) is 10.7. The molecule has 0 aliphatic rings. The van der Waals surface area contributed by atoms with Crippen LogP contribution < -0.4 is 5.32 Å². The van der Waals surface area contributed by atoms with Crippen molar-refractivity contribution < 1.29 is 13.2 Å². The summed E-state index contributed by atoms with van der Waals surface area (Å²) >= 11 is 3.74. The highest BCUT2D eigenvalue weighted by molar-refractivity contribution is 7.90. The maximum absolute atomic E-state index is 10.7. The van der Waals surface area contributed by atoms with Crippen LogP contribution in [0.2, 0.25) is 0 Å². The van der Waals surface area contributed by atoms with Gasteiger partial charge in [0.15, 0.2) is 0 Å². The molecule has 0 saturated heterocycles. The first-order valence-electron chi connectivity index (χ1n) is 3.43. The number of carbonyl (C=O) groups is 1. The van der Waals surface area contributed by atoms with Crippen molar-refractivity contribution in [2.45, 2.75) is 13.0 Å². The van der Waals surface area contributed by atoms with Gasteiger partial charge in [0, 0.05) is 12.3 Å². The third-order valence-electron chi connectivity index (χ3n) is 1.10. The lowest BCUT2D eigenvalue weighted by Crippen LogP contribution is -2.37. The number of sulfone groups is 1. The zero-order valence-corrected chi connectivity index (χ0v) is 8.78. The molecule has 0 heterocycles. The highest BCUT2D eigenvalue weighted by Gasteiger charge is 2.11. The van der Waals surface area contributed by atoms with Gasteiger partial charge in [-0.1, -0.05) is 0 Å². The molecule has 1 N–H and O–H groups in total. The van der Waals surface area contributed by atoms with Crippen molar-refractivity contribution in [2.24, 2.45) is 0 Å². The van der Waals surface area contributed by atoms with Crippen molar-refractivity contribution in [1.29, 1.82) is 0 Å². The lowest BCUT2D eigenvalue weighted by molar-refractivity contribution is -0.118. The van der Waals surface area contributed by atoms with Crippen LogP contribution >= 0.6 is 12.6 Å². The molecular weight excluding hydrogens is 198 g/mol. The Bertz CT molecular complexity index is 248. The molecule has 0 bridgehead atoms. The zero-order chi connectivity index (χ0) is 9.78. The standard InChI is InChI=1S/C6H13NO3S2/c1-5(4-12(2,9)10)7-6(8)3-11/h5,11H,3-4H2,1-2H3,(H,7,8). The van der Waals surface area contributed by atoms with Gasteiger partial charge in [-0.2, -0.15) is 12.6 Å². The monoisotopic (exact) mass is 211 g/mol. The van der Waals surface area contributed by atoms with Gasteiger partial charge >= 0.3 is 0 Å². The molecule has 0 aromatic rings. The van der Waals surface area contributed by atoms with Crippen LogP contribution in [0.3, 0.4) is 0 Å². The molecule has 4 nitrogen and oxygen atoms in total. The molecule has 0 aromatic carbocycles. The fraction of sp³-hybridized carbons (Fsp3) is 0.833. The molecule has 0 aliphatic carbocycles. The van der Waals surface area contributed by atoms with E-state index in [0.29, 0.717) is 0 Å². The Morgan fingerprint density at radius 3 is 2.42 bits per heavy atom. The minimum atomic E-state index is -3.02. The highest BCUT2D eigenvalue weighted by Crippen LogP contribution is 1.90. The normalized spacial score (nSPS) is 13.9. The molecule has 0 fully saturated rings. The lowest BCUT2D eigenvalue weighted by Gasteiger charge is -2.10. The summed E-state index contributed by atoms with van der Waals surface area (Å²) in [6.07, 6.45) is 1.14. The van der Waals surface area contributed by atoms with Crippen molar-refractivity contribution in [3.63, 3.8) is 0 Å². The van der Waals surface area contributed by atoms with E-state index >= 15 is 0 Å². The van der Waals surface area contributed by atoms with Crippen molar-refractivity contribution in [3.8, 4) is 0 Å². The van der Waals surface area contributed by atoms with Crippen LogP contribution in [-0.4, -0.2) is 38.1 Å². The minimum Gasteiger partial charge on any atom is -0.352 e. The molecule has 0 aliphatic heterocycles. The Morgan fingerprint density at radius 1 is 1.58 bits per heavy atom. The maximum Gasteiger partial charge on any atom is 0.229 e. The largest absolute Gasteiger partial charge is 0.352 e. The molecule has 6 heteroatoms. The predicted molar refractivity (Wildman–Crippen MR) is 51.2 cm³/mol. The first-order chi connectivity index (χ1) is 5.35. The van der Waals surface area contributed by atoms with Crippen LogP contribution in [0.4, 0.5) is 0 Å². The number of amides is 1. The third kappa shape index (κ3) is 6.48. The Hall–Kier alpha value is -0.230. The fourth-order valence-corrected chi connectivity index (χ4v) is 1.90. The number of rotatable bonds is 4. The topological polar surface area (TPSA) is 63.2 Å². The average Bonchev–Trinajstić information content (AvgIpc) is 1.82. The van der Waals surface area contributed by atoms with Crippen LogP contribution in [0.1, 0.15) is 6.92 Å². The Kier molecular flexibility index (Phi) is 4.62. The van der Waals surface area contributed by atoms with E-state index in [1.165, 1.54) is 0 Å². The summed E-state index contributed by atoms with van der Waals surface area (Å²) in [5.74, 6) is -0.213. The lowest BCUT2D eigenvalue weighted by atomic mass is 10.4. The molecule has 1 amide bonds. The van der Waals surface area contributed by atoms with Gasteiger partial charge < -0.3 is 5.32 Å². The molecule has 0 spiro atoms. The molecule has 0 aromatic heterocycles. The van der Waals surface area contributed by atoms with Gasteiger partial charge in [0.05, 0.1) is 11.5 Å². The molecule has 1 atom stereocenters. The molecule has 12 heavy (non-hydrogen) atoms. The maximum atomic E-state index is 10.7. The van der Waals surface area contributed by atoms with E-state index in [9.17, 15) is 13.2 Å². The molecular formula is C6H13NO3S2. The van der Waals surface area contributed by atoms with Crippen LogP contribution in [0.15, 0.2) is 0 Å². The second-order valence-corrected chi connectivity index (χ2v) is 5.22. The minimum absolute atomic E-state index is 0.0352. The average molecular weight is 211 g/mol. The highest BCUT2D eigenvalue weighted by atomic mass is 32.2. The van der Waals surface area contributed by atoms with Crippen molar-refractivity contribution in [2.75, 3.05) is 17.8 Å². The third-order valence-corrected chi connectivity index (χ3v) is 2.50. The van der Waals surface area contributed by atoms with E-state index in [4.69, 9.17) is 0 Å². The Labute approximate surface area is 78.1 Å². The van der Waals surface area contributed by atoms with Gasteiger partial charge in [0.25, 0.3) is 0 Å². The zero-order valence-electron chi connectivity index (χ0n) is 7.07. The number of carbonyl (C=O) groups excluding carboxylic acids is 1. The Balaban J connectivity index is 3.91. The van der Waals surface area contributed by atoms with Gasteiger partial charge in [-0.15, -0.1) is 0 Å². The first-order valence-corrected chi connectivity index (χ1v) is 6.12. The van der Waals surface area contributed by atoms with E-state index in [1.54, 1.807) is 6.92 Å². The van der Waals surface area contributed by atoms with Crippen LogP contribution in [0, 0.1) is 0 Å². The molecule has 1 unspecified atom stereocenters. The van der Waals surface area contributed by atoms with Gasteiger partial charge in [0.2, 0.25) is 5.91 Å². The van der Waals surface area contributed by atoms with E-state index in [-0.39, 0.29) is 23.5 Å². The summed E-state index contributed by atoms with van der Waals surface area (Å²) in [7, 11) is -3.02. The van der Waals surface area contributed by atoms with Crippen LogP contribution in [0.5, 0.6) is 0 Å². The summed E-state index contributed by atoms with van der Waals surface area (Å²) in [6.45, 7) is 1.64. The second kappa shape index (κ2) is 4.71. The summed E-state index contributed by atoms with van der Waals surface area (Å²) in [6, 6.07) is -0.348. The van der Waals surface area contributed by atoms with Crippen molar-refractivity contribution >= 4 is 28.4 Å².